The largest absolute Gasteiger partial charge is 0.377 e. The molecule has 0 aliphatic carbocycles. The molecule has 0 spiro atoms. The first-order valence-electron chi connectivity index (χ1n) is 6.89. The van der Waals surface area contributed by atoms with Crippen LogP contribution in [0.3, 0.4) is 0 Å². The zero-order valence-electron chi connectivity index (χ0n) is 11.8. The second-order valence-corrected chi connectivity index (χ2v) is 6.20. The van der Waals surface area contributed by atoms with E-state index in [1.165, 1.54) is 11.1 Å². The van der Waals surface area contributed by atoms with Gasteiger partial charge in [-0.05, 0) is 58.6 Å². The Morgan fingerprint density at radius 2 is 1.85 bits per heavy atom. The summed E-state index contributed by atoms with van der Waals surface area (Å²) in [7, 11) is 0. The van der Waals surface area contributed by atoms with Crippen LogP contribution in [0.15, 0.2) is 46.9 Å². The lowest BCUT2D eigenvalue weighted by molar-refractivity contribution is 0.677. The molecule has 0 aliphatic heterocycles. The van der Waals surface area contributed by atoms with Crippen molar-refractivity contribution in [3.63, 3.8) is 0 Å². The molecule has 0 fully saturated rings. The molecule has 0 radical (unpaired) electrons. The minimum Gasteiger partial charge on any atom is -0.377 e. The van der Waals surface area contributed by atoms with Crippen LogP contribution in [0, 0.1) is 6.92 Å². The Labute approximate surface area is 134 Å². The molecule has 2 rings (SSSR count). The summed E-state index contributed by atoms with van der Waals surface area (Å²) in [6, 6.07) is 14.7. The first kappa shape index (κ1) is 15.4. The van der Waals surface area contributed by atoms with E-state index in [-0.39, 0.29) is 0 Å². The monoisotopic (exact) mass is 351 g/mol. The molecule has 1 unspecified atom stereocenters. The second kappa shape index (κ2) is 7.14. The third-order valence-electron chi connectivity index (χ3n) is 3.37. The van der Waals surface area contributed by atoms with Crippen molar-refractivity contribution in [3.05, 3.63) is 63.1 Å². The molecule has 0 amide bonds. The molecule has 1 atom stereocenters. The predicted molar refractivity (Wildman–Crippen MR) is 91.6 cm³/mol. The lowest BCUT2D eigenvalue weighted by atomic mass is 10.0. The topological polar surface area (TPSA) is 12.0 Å². The van der Waals surface area contributed by atoms with E-state index < -0.39 is 0 Å². The lowest BCUT2D eigenvalue weighted by Gasteiger charge is -2.21. The van der Waals surface area contributed by atoms with Gasteiger partial charge in [-0.1, -0.05) is 49.2 Å². The fourth-order valence-electron chi connectivity index (χ4n) is 2.25. The van der Waals surface area contributed by atoms with Crippen molar-refractivity contribution >= 4 is 33.2 Å². The number of rotatable bonds is 5. The highest BCUT2D eigenvalue weighted by molar-refractivity contribution is 9.10. The van der Waals surface area contributed by atoms with Crippen LogP contribution in [0.25, 0.3) is 0 Å². The van der Waals surface area contributed by atoms with Gasteiger partial charge in [0.1, 0.15) is 0 Å². The van der Waals surface area contributed by atoms with Gasteiger partial charge in [0, 0.05) is 15.2 Å². The standard InChI is InChI=1S/C17H19BrClN/c1-3-5-15(13-8-10-14(19)11-9-13)20-16-7-4-6-12(2)17(16)18/h4,6-11,15,20H,3,5H2,1-2H3. The van der Waals surface area contributed by atoms with Gasteiger partial charge in [0.2, 0.25) is 0 Å². The second-order valence-electron chi connectivity index (χ2n) is 4.97. The van der Waals surface area contributed by atoms with E-state index in [4.69, 9.17) is 11.6 Å². The highest BCUT2D eigenvalue weighted by Gasteiger charge is 2.12. The fourth-order valence-corrected chi connectivity index (χ4v) is 2.76. The van der Waals surface area contributed by atoms with E-state index in [1.807, 2.05) is 12.1 Å². The molecule has 0 bridgehead atoms. The third kappa shape index (κ3) is 3.77. The Morgan fingerprint density at radius 1 is 1.15 bits per heavy atom. The van der Waals surface area contributed by atoms with Gasteiger partial charge >= 0.3 is 0 Å². The highest BCUT2D eigenvalue weighted by atomic mass is 79.9. The molecule has 2 aromatic rings. The molecule has 3 heteroatoms. The summed E-state index contributed by atoms with van der Waals surface area (Å²) in [5.74, 6) is 0. The van der Waals surface area contributed by atoms with Gasteiger partial charge in [0.15, 0.2) is 0 Å². The third-order valence-corrected chi connectivity index (χ3v) is 4.68. The SMILES string of the molecule is CCCC(Nc1cccc(C)c1Br)c1ccc(Cl)cc1. The van der Waals surface area contributed by atoms with Crippen LogP contribution >= 0.6 is 27.5 Å². The van der Waals surface area contributed by atoms with E-state index >= 15 is 0 Å². The summed E-state index contributed by atoms with van der Waals surface area (Å²) < 4.78 is 1.13. The van der Waals surface area contributed by atoms with Gasteiger partial charge in [-0.15, -0.1) is 0 Å². The number of aryl methyl sites for hydroxylation is 1. The molecular formula is C17H19BrClN. The average molecular weight is 353 g/mol. The van der Waals surface area contributed by atoms with Crippen molar-refractivity contribution < 1.29 is 0 Å². The van der Waals surface area contributed by atoms with E-state index in [0.29, 0.717) is 6.04 Å². The fraction of sp³-hybridized carbons (Fsp3) is 0.294. The number of nitrogens with one attached hydrogen (secondary N) is 1. The molecule has 0 saturated heterocycles. The average Bonchev–Trinajstić information content (AvgIpc) is 2.44. The predicted octanol–water partition coefficient (Wildman–Crippen LogP) is 6.36. The van der Waals surface area contributed by atoms with Crippen LogP contribution in [-0.4, -0.2) is 0 Å². The summed E-state index contributed by atoms with van der Waals surface area (Å²) in [6.45, 7) is 4.31. The molecule has 1 N–H and O–H groups in total. The number of hydrogen-bond acceptors (Lipinski definition) is 1. The number of halogens is 2. The van der Waals surface area contributed by atoms with E-state index in [0.717, 1.165) is 28.0 Å². The smallest absolute Gasteiger partial charge is 0.0514 e. The molecule has 106 valence electrons. The Hall–Kier alpha value is -0.990. The highest BCUT2D eigenvalue weighted by Crippen LogP contribution is 2.31. The number of anilines is 1. The van der Waals surface area contributed by atoms with Crippen molar-refractivity contribution in [1.82, 2.24) is 0 Å². The molecule has 20 heavy (non-hydrogen) atoms. The maximum atomic E-state index is 5.97. The quantitative estimate of drug-likeness (QED) is 0.659. The van der Waals surface area contributed by atoms with Crippen LogP contribution in [0.5, 0.6) is 0 Å². The Morgan fingerprint density at radius 3 is 2.50 bits per heavy atom. The van der Waals surface area contributed by atoms with Gasteiger partial charge < -0.3 is 5.32 Å². The van der Waals surface area contributed by atoms with Crippen molar-refractivity contribution in [2.24, 2.45) is 0 Å². The normalized spacial score (nSPS) is 12.2. The van der Waals surface area contributed by atoms with Crippen LogP contribution in [0.4, 0.5) is 5.69 Å². The van der Waals surface area contributed by atoms with Gasteiger partial charge in [0.05, 0.1) is 6.04 Å². The summed E-state index contributed by atoms with van der Waals surface area (Å²) in [6.07, 6.45) is 2.21. The zero-order valence-corrected chi connectivity index (χ0v) is 14.1. The van der Waals surface area contributed by atoms with Crippen molar-refractivity contribution in [2.45, 2.75) is 32.7 Å². The minimum absolute atomic E-state index is 0.301. The van der Waals surface area contributed by atoms with Crippen LogP contribution < -0.4 is 5.32 Å². The maximum Gasteiger partial charge on any atom is 0.0514 e. The van der Waals surface area contributed by atoms with Crippen molar-refractivity contribution in [2.75, 3.05) is 5.32 Å². The van der Waals surface area contributed by atoms with Crippen molar-refractivity contribution in [3.8, 4) is 0 Å². The molecule has 0 aromatic heterocycles. The van der Waals surface area contributed by atoms with Gasteiger partial charge in [0.25, 0.3) is 0 Å². The van der Waals surface area contributed by atoms with Crippen LogP contribution in [0.1, 0.15) is 36.9 Å². The van der Waals surface area contributed by atoms with Crippen LogP contribution in [-0.2, 0) is 0 Å². The molecule has 0 saturated carbocycles. The van der Waals surface area contributed by atoms with Gasteiger partial charge in [-0.3, -0.25) is 0 Å². The molecule has 1 nitrogen and oxygen atoms in total. The Balaban J connectivity index is 2.25. The summed E-state index contributed by atoms with van der Waals surface area (Å²) >= 11 is 9.63. The summed E-state index contributed by atoms with van der Waals surface area (Å²) in [5.41, 5.74) is 3.64. The number of benzene rings is 2. The summed E-state index contributed by atoms with van der Waals surface area (Å²) in [4.78, 5) is 0. The molecule has 0 aliphatic rings. The zero-order chi connectivity index (χ0) is 14.5. The maximum absolute atomic E-state index is 5.97. The molecule has 0 heterocycles. The van der Waals surface area contributed by atoms with Crippen molar-refractivity contribution in [1.29, 1.82) is 0 Å². The first-order valence-corrected chi connectivity index (χ1v) is 8.06. The molecular weight excluding hydrogens is 334 g/mol. The van der Waals surface area contributed by atoms with Gasteiger partial charge in [-0.25, -0.2) is 0 Å². The minimum atomic E-state index is 0.301. The summed E-state index contributed by atoms with van der Waals surface area (Å²) in [5, 5.41) is 4.41. The molecule has 2 aromatic carbocycles. The Kier molecular flexibility index (Phi) is 5.50. The van der Waals surface area contributed by atoms with Gasteiger partial charge in [-0.2, -0.15) is 0 Å². The van der Waals surface area contributed by atoms with E-state index in [9.17, 15) is 0 Å². The van der Waals surface area contributed by atoms with Crippen LogP contribution in [0.2, 0.25) is 5.02 Å². The first-order chi connectivity index (χ1) is 9.61. The van der Waals surface area contributed by atoms with E-state index in [1.54, 1.807) is 0 Å². The number of hydrogen-bond donors (Lipinski definition) is 1. The van der Waals surface area contributed by atoms with E-state index in [2.05, 4.69) is 65.4 Å². The lowest BCUT2D eigenvalue weighted by Crippen LogP contribution is -2.11. The Bertz CT molecular complexity index is 566.